The fraction of sp³-hybridized carbons (Fsp3) is 0.333. The number of aromatic nitrogens is 1. The van der Waals surface area contributed by atoms with Crippen molar-refractivity contribution in [1.82, 2.24) is 4.98 Å². The lowest BCUT2D eigenvalue weighted by Crippen LogP contribution is -1.86. The maximum absolute atomic E-state index is 6.86. The Morgan fingerprint density at radius 2 is 2.27 bits per heavy atom. The lowest BCUT2D eigenvalue weighted by Gasteiger charge is -2.05. The van der Waals surface area contributed by atoms with Gasteiger partial charge in [0.2, 0.25) is 5.69 Å². The van der Waals surface area contributed by atoms with Crippen LogP contribution in [-0.4, -0.2) is 4.98 Å². The highest BCUT2D eigenvalue weighted by atomic mass is 14.7. The minimum absolute atomic E-state index is 0.405. The fourth-order valence-corrected chi connectivity index (χ4v) is 0.979. The molecule has 0 saturated carbocycles. The van der Waals surface area contributed by atoms with Gasteiger partial charge in [-0.3, -0.25) is 4.98 Å². The van der Waals surface area contributed by atoms with Crippen LogP contribution >= 0.6 is 0 Å². The molecule has 1 heterocycles. The first-order valence-electron chi connectivity index (χ1n) is 3.57. The smallest absolute Gasteiger partial charge is 0.208 e. The summed E-state index contributed by atoms with van der Waals surface area (Å²) in [6.45, 7) is 11.0. The molecule has 0 fully saturated rings. The maximum Gasteiger partial charge on any atom is 0.208 e. The molecule has 0 amide bonds. The van der Waals surface area contributed by atoms with E-state index in [1.165, 1.54) is 0 Å². The van der Waals surface area contributed by atoms with Crippen molar-refractivity contribution >= 4 is 5.69 Å². The molecule has 56 valence electrons. The number of hydrogen-bond donors (Lipinski definition) is 0. The average molecular weight is 146 g/mol. The predicted octanol–water partition coefficient (Wildman–Crippen LogP) is 2.76. The lowest BCUT2D eigenvalue weighted by molar-refractivity contribution is 0.868. The van der Waals surface area contributed by atoms with E-state index in [9.17, 15) is 0 Å². The van der Waals surface area contributed by atoms with E-state index in [0.717, 1.165) is 5.56 Å². The Kier molecular flexibility index (Phi) is 2.22. The summed E-state index contributed by atoms with van der Waals surface area (Å²) in [7, 11) is 0. The molecule has 0 unspecified atom stereocenters. The van der Waals surface area contributed by atoms with Gasteiger partial charge in [0.15, 0.2) is 0 Å². The van der Waals surface area contributed by atoms with Crippen LogP contribution in [0.1, 0.15) is 25.3 Å². The van der Waals surface area contributed by atoms with Crippen LogP contribution in [0.5, 0.6) is 0 Å². The summed E-state index contributed by atoms with van der Waals surface area (Å²) in [5.41, 5.74) is 1.75. The van der Waals surface area contributed by atoms with Crippen molar-refractivity contribution in [2.24, 2.45) is 0 Å². The van der Waals surface area contributed by atoms with Crippen molar-refractivity contribution < 1.29 is 0 Å². The second-order valence-corrected chi connectivity index (χ2v) is 2.70. The molecule has 0 bridgehead atoms. The van der Waals surface area contributed by atoms with Crippen LogP contribution in [0, 0.1) is 6.57 Å². The van der Waals surface area contributed by atoms with Gasteiger partial charge in [-0.15, -0.1) is 0 Å². The number of nitrogens with zero attached hydrogens (tertiary/aromatic N) is 2. The molecule has 2 nitrogen and oxygen atoms in total. The van der Waals surface area contributed by atoms with Crippen LogP contribution in [0.4, 0.5) is 5.69 Å². The first kappa shape index (κ1) is 7.74. The van der Waals surface area contributed by atoms with E-state index in [-0.39, 0.29) is 0 Å². The maximum atomic E-state index is 6.86. The van der Waals surface area contributed by atoms with Crippen molar-refractivity contribution in [3.8, 4) is 0 Å². The summed E-state index contributed by atoms with van der Waals surface area (Å²) >= 11 is 0. The summed E-state index contributed by atoms with van der Waals surface area (Å²) in [5.74, 6) is 0.405. The monoisotopic (exact) mass is 146 g/mol. The van der Waals surface area contributed by atoms with Gasteiger partial charge >= 0.3 is 0 Å². The van der Waals surface area contributed by atoms with Gasteiger partial charge in [0.05, 0.1) is 6.57 Å². The normalized spacial score (nSPS) is 9.64. The highest BCUT2D eigenvalue weighted by molar-refractivity contribution is 5.51. The Bertz CT molecular complexity index is 284. The zero-order valence-corrected chi connectivity index (χ0v) is 6.70. The van der Waals surface area contributed by atoms with Crippen molar-refractivity contribution in [3.63, 3.8) is 0 Å². The molecular formula is C9H10N2. The van der Waals surface area contributed by atoms with Crippen LogP contribution in [0.3, 0.4) is 0 Å². The van der Waals surface area contributed by atoms with E-state index in [2.05, 4.69) is 23.7 Å². The molecule has 2 heteroatoms. The van der Waals surface area contributed by atoms with Crippen LogP contribution in [-0.2, 0) is 0 Å². The molecule has 1 aromatic heterocycles. The quantitative estimate of drug-likeness (QED) is 0.557. The molecule has 0 aliphatic heterocycles. The SMILES string of the molecule is [C-]#[N+]c1cnccc1C(C)C. The third-order valence-corrected chi connectivity index (χ3v) is 1.58. The highest BCUT2D eigenvalue weighted by Crippen LogP contribution is 2.24. The van der Waals surface area contributed by atoms with E-state index in [4.69, 9.17) is 6.57 Å². The molecule has 0 aliphatic carbocycles. The summed E-state index contributed by atoms with van der Waals surface area (Å²) in [6.07, 6.45) is 3.34. The number of pyridine rings is 1. The number of rotatable bonds is 1. The molecule has 0 saturated heterocycles. The zero-order chi connectivity index (χ0) is 8.27. The van der Waals surface area contributed by atoms with E-state index < -0.39 is 0 Å². The molecule has 1 aromatic rings. The van der Waals surface area contributed by atoms with Crippen molar-refractivity contribution in [3.05, 3.63) is 35.4 Å². The third kappa shape index (κ3) is 1.56. The zero-order valence-electron chi connectivity index (χ0n) is 6.70. The topological polar surface area (TPSA) is 17.2 Å². The third-order valence-electron chi connectivity index (χ3n) is 1.58. The van der Waals surface area contributed by atoms with E-state index in [0.29, 0.717) is 11.6 Å². The standard InChI is InChI=1S/C9H10N2/c1-7(2)8-4-5-11-6-9(8)10-3/h4-7H,1-2H3. The highest BCUT2D eigenvalue weighted by Gasteiger charge is 2.04. The van der Waals surface area contributed by atoms with E-state index in [1.54, 1.807) is 12.4 Å². The molecular weight excluding hydrogens is 136 g/mol. The second-order valence-electron chi connectivity index (χ2n) is 2.70. The predicted molar refractivity (Wildman–Crippen MR) is 44.6 cm³/mol. The van der Waals surface area contributed by atoms with E-state index in [1.807, 2.05) is 6.07 Å². The van der Waals surface area contributed by atoms with Gasteiger partial charge < -0.3 is 0 Å². The minimum Gasteiger partial charge on any atom is -0.276 e. The molecule has 0 aromatic carbocycles. The molecule has 11 heavy (non-hydrogen) atoms. The first-order chi connectivity index (χ1) is 5.25. The van der Waals surface area contributed by atoms with Crippen LogP contribution < -0.4 is 0 Å². The minimum atomic E-state index is 0.405. The van der Waals surface area contributed by atoms with Gasteiger partial charge in [-0.25, -0.2) is 4.85 Å². The van der Waals surface area contributed by atoms with Gasteiger partial charge in [0, 0.05) is 12.4 Å². The molecule has 0 N–H and O–H groups in total. The molecule has 0 radical (unpaired) electrons. The number of hydrogen-bond acceptors (Lipinski definition) is 1. The Labute approximate surface area is 66.7 Å². The van der Waals surface area contributed by atoms with Crippen LogP contribution in [0.2, 0.25) is 0 Å². The second kappa shape index (κ2) is 3.16. The van der Waals surface area contributed by atoms with Crippen LogP contribution in [0.15, 0.2) is 18.5 Å². The largest absolute Gasteiger partial charge is 0.276 e. The van der Waals surface area contributed by atoms with Gasteiger partial charge in [0.1, 0.15) is 0 Å². The van der Waals surface area contributed by atoms with Crippen molar-refractivity contribution in [2.75, 3.05) is 0 Å². The van der Waals surface area contributed by atoms with Crippen molar-refractivity contribution in [1.29, 1.82) is 0 Å². The lowest BCUT2D eigenvalue weighted by atomic mass is 10.0. The Morgan fingerprint density at radius 1 is 1.55 bits per heavy atom. The van der Waals surface area contributed by atoms with Crippen molar-refractivity contribution in [2.45, 2.75) is 19.8 Å². The Balaban J connectivity index is 3.15. The summed E-state index contributed by atoms with van der Waals surface area (Å²) in [6, 6.07) is 1.90. The molecule has 0 spiro atoms. The molecule has 0 atom stereocenters. The average Bonchev–Trinajstić information content (AvgIpc) is 2.04. The fourth-order valence-electron chi connectivity index (χ4n) is 0.979. The first-order valence-corrected chi connectivity index (χ1v) is 3.57. The Hall–Kier alpha value is -1.36. The summed E-state index contributed by atoms with van der Waals surface area (Å²) < 4.78 is 0. The molecule has 0 aliphatic rings. The Morgan fingerprint density at radius 3 is 2.73 bits per heavy atom. The van der Waals surface area contributed by atoms with Gasteiger partial charge in [-0.2, -0.15) is 0 Å². The van der Waals surface area contributed by atoms with E-state index >= 15 is 0 Å². The summed E-state index contributed by atoms with van der Waals surface area (Å²) in [4.78, 5) is 7.26. The summed E-state index contributed by atoms with van der Waals surface area (Å²) in [5, 5.41) is 0. The van der Waals surface area contributed by atoms with Crippen LogP contribution in [0.25, 0.3) is 4.85 Å². The van der Waals surface area contributed by atoms with Gasteiger partial charge in [-0.05, 0) is 11.5 Å². The van der Waals surface area contributed by atoms with Gasteiger partial charge in [-0.1, -0.05) is 19.9 Å². The van der Waals surface area contributed by atoms with Gasteiger partial charge in [0.25, 0.3) is 0 Å². The molecule has 1 rings (SSSR count).